The number of imidazole rings is 1. The summed E-state index contributed by atoms with van der Waals surface area (Å²) in [4.78, 5) is 7.05. The third-order valence-electron chi connectivity index (χ3n) is 5.88. The number of nitrogens with zero attached hydrogens (tertiary/aromatic N) is 5. The SMILES string of the molecule is COc1cc(OC)c(-c2cn3ccc(N4CCC(N(N(C)C)S(=O)[O-])CC4)cc3n2)cc1Cl. The number of hydrogen-bond donors (Lipinski definition) is 0. The van der Waals surface area contributed by atoms with Crippen molar-refractivity contribution in [3.05, 3.63) is 41.7 Å². The summed E-state index contributed by atoms with van der Waals surface area (Å²) >= 11 is 4.06. The molecule has 0 saturated carbocycles. The summed E-state index contributed by atoms with van der Waals surface area (Å²) in [7, 11) is 6.66. The molecule has 2 aromatic heterocycles. The average Bonchev–Trinajstić information content (AvgIpc) is 3.22. The first-order chi connectivity index (χ1) is 15.8. The van der Waals surface area contributed by atoms with E-state index in [1.165, 1.54) is 4.41 Å². The number of hydrogen-bond acceptors (Lipinski definition) is 7. The third-order valence-corrected chi connectivity index (χ3v) is 7.11. The normalized spacial score (nSPS) is 16.1. The minimum absolute atomic E-state index is 0.0383. The Labute approximate surface area is 200 Å². The molecule has 1 aliphatic heterocycles. The largest absolute Gasteiger partial charge is 0.759 e. The Morgan fingerprint density at radius 3 is 2.45 bits per heavy atom. The van der Waals surface area contributed by atoms with Crippen molar-refractivity contribution < 1.29 is 18.2 Å². The quantitative estimate of drug-likeness (QED) is 0.370. The van der Waals surface area contributed by atoms with Gasteiger partial charge in [-0.1, -0.05) is 11.6 Å². The summed E-state index contributed by atoms with van der Waals surface area (Å²) in [5.74, 6) is 1.17. The number of aromatic nitrogens is 2. The molecule has 1 fully saturated rings. The highest BCUT2D eigenvalue weighted by Crippen LogP contribution is 2.38. The molecule has 178 valence electrons. The van der Waals surface area contributed by atoms with Crippen LogP contribution >= 0.6 is 11.6 Å². The van der Waals surface area contributed by atoms with Crippen molar-refractivity contribution in [3.8, 4) is 22.8 Å². The molecule has 3 aromatic rings. The van der Waals surface area contributed by atoms with Crippen LogP contribution in [-0.2, 0) is 11.3 Å². The van der Waals surface area contributed by atoms with Gasteiger partial charge in [0.1, 0.15) is 17.1 Å². The predicted molar refractivity (Wildman–Crippen MR) is 128 cm³/mol. The lowest BCUT2D eigenvalue weighted by Crippen LogP contribution is -2.50. The number of piperidine rings is 1. The molecule has 0 aliphatic carbocycles. The van der Waals surface area contributed by atoms with Gasteiger partial charge in [0.15, 0.2) is 0 Å². The highest BCUT2D eigenvalue weighted by atomic mass is 35.5. The van der Waals surface area contributed by atoms with E-state index in [2.05, 4.69) is 4.90 Å². The lowest BCUT2D eigenvalue weighted by Gasteiger charge is -2.42. The first-order valence-corrected chi connectivity index (χ1v) is 11.9. The third kappa shape index (κ3) is 4.80. The number of halogens is 1. The molecule has 9 nitrogen and oxygen atoms in total. The monoisotopic (exact) mass is 492 g/mol. The van der Waals surface area contributed by atoms with E-state index in [1.807, 2.05) is 28.9 Å². The van der Waals surface area contributed by atoms with Crippen LogP contribution in [0.3, 0.4) is 0 Å². The molecule has 3 heterocycles. The number of hydrazine groups is 1. The smallest absolute Gasteiger partial charge is 0.141 e. The molecule has 4 rings (SSSR count). The van der Waals surface area contributed by atoms with Gasteiger partial charge in [0, 0.05) is 80.3 Å². The van der Waals surface area contributed by atoms with Crippen molar-refractivity contribution in [1.82, 2.24) is 18.8 Å². The van der Waals surface area contributed by atoms with Gasteiger partial charge >= 0.3 is 0 Å². The second kappa shape index (κ2) is 9.86. The van der Waals surface area contributed by atoms with E-state index in [1.54, 1.807) is 45.5 Å². The zero-order valence-electron chi connectivity index (χ0n) is 19.0. The summed E-state index contributed by atoms with van der Waals surface area (Å²) in [5, 5.41) is 2.11. The summed E-state index contributed by atoms with van der Waals surface area (Å²) in [6.45, 7) is 1.52. The Kier molecular flexibility index (Phi) is 7.10. The average molecular weight is 493 g/mol. The van der Waals surface area contributed by atoms with Gasteiger partial charge in [0.05, 0.1) is 24.9 Å². The minimum atomic E-state index is -2.28. The van der Waals surface area contributed by atoms with Crippen LogP contribution < -0.4 is 14.4 Å². The van der Waals surface area contributed by atoms with Gasteiger partial charge < -0.3 is 23.3 Å². The molecule has 0 N–H and O–H groups in total. The zero-order chi connectivity index (χ0) is 23.7. The Hall–Kier alpha value is -2.37. The van der Waals surface area contributed by atoms with Crippen molar-refractivity contribution in [2.24, 2.45) is 0 Å². The van der Waals surface area contributed by atoms with Gasteiger partial charge in [0.25, 0.3) is 0 Å². The fourth-order valence-electron chi connectivity index (χ4n) is 4.28. The molecule has 11 heteroatoms. The van der Waals surface area contributed by atoms with Crippen LogP contribution in [0.4, 0.5) is 5.69 Å². The summed E-state index contributed by atoms with van der Waals surface area (Å²) in [6, 6.07) is 7.60. The van der Waals surface area contributed by atoms with Gasteiger partial charge in [-0.15, -0.1) is 0 Å². The molecule has 0 radical (unpaired) electrons. The van der Waals surface area contributed by atoms with Crippen LogP contribution in [0.5, 0.6) is 11.5 Å². The second-order valence-electron chi connectivity index (χ2n) is 8.05. The standard InChI is InChI=1S/C22H28ClN5O4S/c1-25(2)28(33(29)30)15-5-8-26(9-6-15)16-7-10-27-14-19(24-22(27)11-16)17-12-18(23)21(32-4)13-20(17)31-3/h7,10-15H,5-6,8-9H2,1-4H3,(H,29,30)/p-1. The molecule has 33 heavy (non-hydrogen) atoms. The Balaban J connectivity index is 1.56. The topological polar surface area (TPSA) is 85.6 Å². The number of rotatable bonds is 7. The van der Waals surface area contributed by atoms with Gasteiger partial charge in [-0.2, -0.15) is 4.41 Å². The first kappa shape index (κ1) is 23.8. The molecule has 0 bridgehead atoms. The molecule has 0 spiro atoms. The maximum atomic E-state index is 11.6. The Morgan fingerprint density at radius 1 is 1.15 bits per heavy atom. The lowest BCUT2D eigenvalue weighted by molar-refractivity contribution is 0.0636. The minimum Gasteiger partial charge on any atom is -0.759 e. The van der Waals surface area contributed by atoms with Crippen molar-refractivity contribution >= 4 is 34.2 Å². The highest BCUT2D eigenvalue weighted by Gasteiger charge is 2.27. The molecule has 1 aromatic carbocycles. The van der Waals surface area contributed by atoms with Crippen LogP contribution in [0.1, 0.15) is 12.8 Å². The van der Waals surface area contributed by atoms with E-state index in [4.69, 9.17) is 26.1 Å². The van der Waals surface area contributed by atoms with E-state index < -0.39 is 11.3 Å². The number of methoxy groups -OCH3 is 2. The fourth-order valence-corrected chi connectivity index (χ4v) is 5.25. The van der Waals surface area contributed by atoms with Gasteiger partial charge in [0.2, 0.25) is 0 Å². The number of anilines is 1. The van der Waals surface area contributed by atoms with Gasteiger partial charge in [-0.3, -0.25) is 4.21 Å². The van der Waals surface area contributed by atoms with Crippen LogP contribution in [0.15, 0.2) is 36.7 Å². The summed E-state index contributed by atoms with van der Waals surface area (Å²) in [6.07, 6.45) is 5.41. The second-order valence-corrected chi connectivity index (χ2v) is 9.26. The molecule has 1 saturated heterocycles. The molecular weight excluding hydrogens is 466 g/mol. The zero-order valence-corrected chi connectivity index (χ0v) is 20.6. The lowest BCUT2D eigenvalue weighted by atomic mass is 10.1. The number of ether oxygens (including phenoxy) is 2. The summed E-state index contributed by atoms with van der Waals surface area (Å²) in [5.41, 5.74) is 3.38. The Morgan fingerprint density at radius 2 is 1.85 bits per heavy atom. The number of benzene rings is 1. The fraction of sp³-hybridized carbons (Fsp3) is 0.409. The summed E-state index contributed by atoms with van der Waals surface area (Å²) < 4.78 is 37.4. The van der Waals surface area contributed by atoms with Gasteiger partial charge in [-0.05, 0) is 25.0 Å². The molecule has 0 amide bonds. The predicted octanol–water partition coefficient (Wildman–Crippen LogP) is 3.21. The van der Waals surface area contributed by atoms with Crippen molar-refractivity contribution in [2.45, 2.75) is 18.9 Å². The molecule has 1 aliphatic rings. The first-order valence-electron chi connectivity index (χ1n) is 10.5. The van der Waals surface area contributed by atoms with Crippen LogP contribution in [0.25, 0.3) is 16.9 Å². The van der Waals surface area contributed by atoms with Crippen molar-refractivity contribution in [3.63, 3.8) is 0 Å². The van der Waals surface area contributed by atoms with Crippen molar-refractivity contribution in [2.75, 3.05) is 46.3 Å². The van der Waals surface area contributed by atoms with Crippen molar-refractivity contribution in [1.29, 1.82) is 0 Å². The van der Waals surface area contributed by atoms with Crippen LogP contribution in [0.2, 0.25) is 5.02 Å². The number of fused-ring (bicyclic) bond motifs is 1. The van der Waals surface area contributed by atoms with E-state index in [0.29, 0.717) is 16.5 Å². The van der Waals surface area contributed by atoms with Gasteiger partial charge in [-0.25, -0.2) is 9.99 Å². The van der Waals surface area contributed by atoms with Crippen LogP contribution in [-0.4, -0.2) is 75.0 Å². The number of pyridine rings is 1. The molecule has 1 atom stereocenters. The van der Waals surface area contributed by atoms with E-state index in [9.17, 15) is 8.76 Å². The van der Waals surface area contributed by atoms with E-state index in [0.717, 1.165) is 48.5 Å². The highest BCUT2D eigenvalue weighted by molar-refractivity contribution is 7.76. The Bertz CT molecular complexity index is 1160. The molecule has 1 unspecified atom stereocenters. The van der Waals surface area contributed by atoms with E-state index >= 15 is 0 Å². The van der Waals surface area contributed by atoms with E-state index in [-0.39, 0.29) is 6.04 Å². The van der Waals surface area contributed by atoms with Crippen LogP contribution in [0, 0.1) is 0 Å². The maximum Gasteiger partial charge on any atom is 0.141 e. The molecular formula is C22H27ClN5O4S-. The maximum absolute atomic E-state index is 11.6.